The van der Waals surface area contributed by atoms with E-state index >= 15 is 0 Å². The van der Waals surface area contributed by atoms with Gasteiger partial charge in [0.25, 0.3) is 0 Å². The minimum absolute atomic E-state index is 0.0952. The molecule has 3 aromatic rings. The van der Waals surface area contributed by atoms with Crippen LogP contribution in [0, 0.1) is 0 Å². The molecule has 1 saturated heterocycles. The van der Waals surface area contributed by atoms with E-state index in [0.717, 1.165) is 29.9 Å². The number of para-hydroxylation sites is 1. The third-order valence-electron chi connectivity index (χ3n) is 4.53. The van der Waals surface area contributed by atoms with Gasteiger partial charge in [-0.3, -0.25) is 9.69 Å². The highest BCUT2D eigenvalue weighted by molar-refractivity contribution is 7.18. The molecule has 1 atom stereocenters. The number of thiazole rings is 1. The average molecular weight is 406 g/mol. The zero-order valence-electron chi connectivity index (χ0n) is 13.9. The normalized spacial score (nSPS) is 17.7. The second-order valence-corrected chi connectivity index (χ2v) is 8.15. The quantitative estimate of drug-likeness (QED) is 0.633. The predicted molar refractivity (Wildman–Crippen MR) is 108 cm³/mol. The van der Waals surface area contributed by atoms with Crippen LogP contribution in [0.25, 0.3) is 10.2 Å². The minimum Gasteiger partial charge on any atom is -0.324 e. The van der Waals surface area contributed by atoms with Crippen LogP contribution >= 0.6 is 34.5 Å². The van der Waals surface area contributed by atoms with Gasteiger partial charge in [0, 0.05) is 0 Å². The largest absolute Gasteiger partial charge is 0.324 e. The van der Waals surface area contributed by atoms with Crippen molar-refractivity contribution in [2.24, 2.45) is 0 Å². The highest BCUT2D eigenvalue weighted by Gasteiger charge is 2.30. The second-order valence-electron chi connectivity index (χ2n) is 6.30. The maximum Gasteiger partial charge on any atom is 0.238 e. The summed E-state index contributed by atoms with van der Waals surface area (Å²) >= 11 is 13.9. The van der Waals surface area contributed by atoms with E-state index in [1.807, 2.05) is 18.2 Å². The molecule has 0 spiro atoms. The van der Waals surface area contributed by atoms with Gasteiger partial charge in [-0.1, -0.05) is 41.4 Å². The van der Waals surface area contributed by atoms with E-state index in [2.05, 4.69) is 16.3 Å². The molecule has 1 unspecified atom stereocenters. The van der Waals surface area contributed by atoms with Crippen LogP contribution in [0.1, 0.15) is 23.9 Å². The maximum atomic E-state index is 12.5. The Morgan fingerprint density at radius 1 is 1.23 bits per heavy atom. The summed E-state index contributed by atoms with van der Waals surface area (Å²) in [4.78, 5) is 19.5. The molecule has 4 nitrogen and oxygen atoms in total. The molecule has 1 aliphatic rings. The van der Waals surface area contributed by atoms with E-state index in [4.69, 9.17) is 28.2 Å². The Bertz CT molecular complexity index is 926. The van der Waals surface area contributed by atoms with Crippen LogP contribution in [0.2, 0.25) is 10.0 Å². The molecule has 1 aromatic heterocycles. The van der Waals surface area contributed by atoms with Gasteiger partial charge < -0.3 is 5.32 Å². The summed E-state index contributed by atoms with van der Waals surface area (Å²) in [5, 5.41) is 4.74. The van der Waals surface area contributed by atoms with E-state index in [1.165, 1.54) is 4.70 Å². The lowest BCUT2D eigenvalue weighted by molar-refractivity contribution is -0.117. The molecule has 1 fully saturated rings. The van der Waals surface area contributed by atoms with Crippen molar-refractivity contribution in [2.45, 2.75) is 18.9 Å². The number of hydrogen-bond donors (Lipinski definition) is 1. The zero-order chi connectivity index (χ0) is 18.1. The Hall–Kier alpha value is -1.66. The first kappa shape index (κ1) is 17.7. The number of anilines is 1. The number of amides is 1. The molecule has 2 heterocycles. The van der Waals surface area contributed by atoms with Gasteiger partial charge in [0.05, 0.1) is 38.5 Å². The predicted octanol–water partition coefficient (Wildman–Crippen LogP) is 5.38. The molecular weight excluding hydrogens is 389 g/mol. The number of carbonyl (C=O) groups is 1. The van der Waals surface area contributed by atoms with Crippen LogP contribution in [0.15, 0.2) is 42.5 Å². The molecule has 0 aliphatic carbocycles. The number of benzene rings is 2. The first-order valence-corrected chi connectivity index (χ1v) is 10.0. The third kappa shape index (κ3) is 3.58. The lowest BCUT2D eigenvalue weighted by atomic mass is 10.2. The van der Waals surface area contributed by atoms with Crippen molar-refractivity contribution in [3.8, 4) is 0 Å². The summed E-state index contributed by atoms with van der Waals surface area (Å²) in [5.41, 5.74) is 1.56. The summed E-state index contributed by atoms with van der Waals surface area (Å²) in [6.07, 6.45) is 2.08. The van der Waals surface area contributed by atoms with E-state index in [1.54, 1.807) is 29.5 Å². The molecule has 4 rings (SSSR count). The number of fused-ring (bicyclic) bond motifs is 1. The van der Waals surface area contributed by atoms with Gasteiger partial charge in [-0.05, 0) is 43.7 Å². The molecule has 2 aromatic carbocycles. The van der Waals surface area contributed by atoms with Gasteiger partial charge >= 0.3 is 0 Å². The fraction of sp³-hybridized carbons (Fsp3) is 0.263. The summed E-state index contributed by atoms with van der Waals surface area (Å²) in [6, 6.07) is 13.5. The Labute approximate surface area is 165 Å². The van der Waals surface area contributed by atoms with Crippen molar-refractivity contribution in [3.63, 3.8) is 0 Å². The number of aromatic nitrogens is 1. The van der Waals surface area contributed by atoms with Crippen molar-refractivity contribution in [1.82, 2.24) is 9.88 Å². The number of rotatable bonds is 4. The van der Waals surface area contributed by atoms with Crippen molar-refractivity contribution in [2.75, 3.05) is 18.4 Å². The molecule has 1 N–H and O–H groups in total. The first-order chi connectivity index (χ1) is 12.6. The van der Waals surface area contributed by atoms with Crippen molar-refractivity contribution in [3.05, 3.63) is 57.5 Å². The number of likely N-dealkylation sites (tertiary alicyclic amines) is 1. The zero-order valence-corrected chi connectivity index (χ0v) is 16.2. The van der Waals surface area contributed by atoms with E-state index in [9.17, 15) is 4.79 Å². The highest BCUT2D eigenvalue weighted by Crippen LogP contribution is 2.36. The van der Waals surface area contributed by atoms with Gasteiger partial charge in [-0.2, -0.15) is 0 Å². The van der Waals surface area contributed by atoms with Gasteiger partial charge in [0.2, 0.25) is 5.91 Å². The molecule has 7 heteroatoms. The fourth-order valence-corrected chi connectivity index (χ4v) is 4.79. The number of nitrogens with one attached hydrogen (secondary N) is 1. The van der Waals surface area contributed by atoms with Gasteiger partial charge in [-0.15, -0.1) is 11.3 Å². The number of carbonyl (C=O) groups excluding carboxylic acids is 1. The second kappa shape index (κ2) is 7.53. The van der Waals surface area contributed by atoms with Crippen LogP contribution in [0.3, 0.4) is 0 Å². The summed E-state index contributed by atoms with van der Waals surface area (Å²) in [5.74, 6) is -0.0952. The highest BCUT2D eigenvalue weighted by atomic mass is 35.5. The Balaban J connectivity index is 1.48. The Morgan fingerprint density at radius 2 is 2.08 bits per heavy atom. The summed E-state index contributed by atoms with van der Waals surface area (Å²) < 4.78 is 1.18. The lowest BCUT2D eigenvalue weighted by Gasteiger charge is -2.22. The molecule has 134 valence electrons. The maximum absolute atomic E-state index is 12.5. The van der Waals surface area contributed by atoms with E-state index < -0.39 is 0 Å². The molecule has 1 amide bonds. The first-order valence-electron chi connectivity index (χ1n) is 8.45. The van der Waals surface area contributed by atoms with Gasteiger partial charge in [-0.25, -0.2) is 4.98 Å². The molecular formula is C19H17Cl2N3OS. The fourth-order valence-electron chi connectivity index (χ4n) is 3.30. The minimum atomic E-state index is -0.0952. The third-order valence-corrected chi connectivity index (χ3v) is 6.49. The van der Waals surface area contributed by atoms with Crippen LogP contribution in [-0.2, 0) is 4.79 Å². The SMILES string of the molecule is O=C(CN1CCCC1c1nc2ccccc2s1)Nc1cccc(Cl)c1Cl. The molecule has 0 saturated carbocycles. The standard InChI is InChI=1S/C19H17Cl2N3OS/c20-12-5-3-7-14(18(12)21)22-17(25)11-24-10-4-8-15(24)19-23-13-6-1-2-9-16(13)26-19/h1-3,5-7,9,15H,4,8,10-11H2,(H,22,25). The van der Waals surface area contributed by atoms with Crippen molar-refractivity contribution < 1.29 is 4.79 Å². The number of nitrogens with zero attached hydrogens (tertiary/aromatic N) is 2. The van der Waals surface area contributed by atoms with Crippen molar-refractivity contribution in [1.29, 1.82) is 0 Å². The molecule has 1 aliphatic heterocycles. The average Bonchev–Trinajstić information content (AvgIpc) is 3.25. The van der Waals surface area contributed by atoms with Gasteiger partial charge in [0.1, 0.15) is 5.01 Å². The van der Waals surface area contributed by atoms with Crippen molar-refractivity contribution >= 4 is 56.3 Å². The molecule has 26 heavy (non-hydrogen) atoms. The van der Waals surface area contributed by atoms with E-state index in [0.29, 0.717) is 22.3 Å². The lowest BCUT2D eigenvalue weighted by Crippen LogP contribution is -2.33. The van der Waals surface area contributed by atoms with Crippen LogP contribution in [0.5, 0.6) is 0 Å². The monoisotopic (exact) mass is 405 g/mol. The van der Waals surface area contributed by atoms with Gasteiger partial charge in [0.15, 0.2) is 0 Å². The smallest absolute Gasteiger partial charge is 0.238 e. The van der Waals surface area contributed by atoms with Crippen LogP contribution < -0.4 is 5.32 Å². The molecule has 0 radical (unpaired) electrons. The van der Waals surface area contributed by atoms with Crippen LogP contribution in [0.4, 0.5) is 5.69 Å². The summed E-state index contributed by atoms with van der Waals surface area (Å²) in [7, 11) is 0. The molecule has 0 bridgehead atoms. The Kier molecular flexibility index (Phi) is 5.14. The van der Waals surface area contributed by atoms with E-state index in [-0.39, 0.29) is 11.9 Å². The Morgan fingerprint density at radius 3 is 2.92 bits per heavy atom. The van der Waals surface area contributed by atoms with Crippen LogP contribution in [-0.4, -0.2) is 28.9 Å². The topological polar surface area (TPSA) is 45.2 Å². The summed E-state index contributed by atoms with van der Waals surface area (Å²) in [6.45, 7) is 1.20. The number of halogens is 2. The number of hydrogen-bond acceptors (Lipinski definition) is 4.